The molecule has 0 saturated heterocycles. The highest BCUT2D eigenvalue weighted by Crippen LogP contribution is 2.22. The molecule has 0 aromatic heterocycles. The largest absolute Gasteiger partial charge is 0.478 e. The van der Waals surface area contributed by atoms with Gasteiger partial charge in [-0.05, 0) is 47.7 Å². The molecule has 0 fully saturated rings. The van der Waals surface area contributed by atoms with Gasteiger partial charge in [-0.1, -0.05) is 6.58 Å². The monoisotopic (exact) mass is 332 g/mol. The molecule has 0 amide bonds. The van der Waals surface area contributed by atoms with Crippen LogP contribution in [-0.2, 0) is 4.79 Å². The number of hydrogen-bond acceptors (Lipinski definition) is 3. The van der Waals surface area contributed by atoms with Crippen LogP contribution in [0.15, 0.2) is 30.4 Å². The maximum absolute atomic E-state index is 11.2. The van der Waals surface area contributed by atoms with Crippen molar-refractivity contribution in [1.29, 1.82) is 0 Å². The number of halogens is 1. The summed E-state index contributed by atoms with van der Waals surface area (Å²) in [5.74, 6) is -1.21. The smallest absolute Gasteiger partial charge is 0.338 e. The van der Waals surface area contributed by atoms with E-state index >= 15 is 0 Å². The fraction of sp³-hybridized carbons (Fsp3) is 0.0909. The molecule has 0 aliphatic rings. The summed E-state index contributed by atoms with van der Waals surface area (Å²) < 4.78 is 5.56. The predicted octanol–water partition coefficient (Wildman–Crippen LogP) is 2.47. The van der Waals surface area contributed by atoms with Gasteiger partial charge in [-0.3, -0.25) is 0 Å². The highest BCUT2D eigenvalue weighted by molar-refractivity contribution is 14.1. The SMILES string of the molecule is C=C(C)C(=O)Oc1ccc(C(=O)O)cc1I. The van der Waals surface area contributed by atoms with Crippen LogP contribution in [0.4, 0.5) is 0 Å². The molecule has 0 aliphatic heterocycles. The van der Waals surface area contributed by atoms with E-state index in [4.69, 9.17) is 9.84 Å². The van der Waals surface area contributed by atoms with E-state index in [0.717, 1.165) is 0 Å². The van der Waals surface area contributed by atoms with Crippen molar-refractivity contribution in [2.45, 2.75) is 6.92 Å². The molecule has 1 N–H and O–H groups in total. The van der Waals surface area contributed by atoms with Gasteiger partial charge in [-0.2, -0.15) is 0 Å². The number of carbonyl (C=O) groups excluding carboxylic acids is 1. The number of esters is 1. The van der Waals surface area contributed by atoms with E-state index in [2.05, 4.69) is 6.58 Å². The Kier molecular flexibility index (Phi) is 4.05. The molecule has 1 rings (SSSR count). The van der Waals surface area contributed by atoms with Crippen molar-refractivity contribution in [3.63, 3.8) is 0 Å². The van der Waals surface area contributed by atoms with Gasteiger partial charge in [0.1, 0.15) is 5.75 Å². The van der Waals surface area contributed by atoms with Crippen LogP contribution in [0.25, 0.3) is 0 Å². The molecule has 16 heavy (non-hydrogen) atoms. The van der Waals surface area contributed by atoms with E-state index in [0.29, 0.717) is 9.32 Å². The van der Waals surface area contributed by atoms with Crippen LogP contribution < -0.4 is 4.74 Å². The summed E-state index contributed by atoms with van der Waals surface area (Å²) >= 11 is 1.91. The third-order valence-electron chi connectivity index (χ3n) is 1.73. The zero-order valence-electron chi connectivity index (χ0n) is 8.49. The Morgan fingerprint density at radius 1 is 1.44 bits per heavy atom. The minimum absolute atomic E-state index is 0.152. The summed E-state index contributed by atoms with van der Waals surface area (Å²) in [6.07, 6.45) is 0. The lowest BCUT2D eigenvalue weighted by Crippen LogP contribution is -2.09. The second-order valence-electron chi connectivity index (χ2n) is 3.12. The van der Waals surface area contributed by atoms with Gasteiger partial charge in [0.15, 0.2) is 0 Å². The van der Waals surface area contributed by atoms with Crippen LogP contribution in [0, 0.1) is 3.57 Å². The number of aromatic carboxylic acids is 1. The molecule has 0 unspecified atom stereocenters. The van der Waals surface area contributed by atoms with Crippen molar-refractivity contribution >= 4 is 34.5 Å². The minimum atomic E-state index is -1.02. The predicted molar refractivity (Wildman–Crippen MR) is 66.6 cm³/mol. The van der Waals surface area contributed by atoms with Crippen molar-refractivity contribution < 1.29 is 19.4 Å². The van der Waals surface area contributed by atoms with Crippen molar-refractivity contribution in [2.75, 3.05) is 0 Å². The zero-order chi connectivity index (χ0) is 12.3. The van der Waals surface area contributed by atoms with E-state index in [9.17, 15) is 9.59 Å². The number of rotatable bonds is 3. The molecule has 0 heterocycles. The highest BCUT2D eigenvalue weighted by atomic mass is 127. The number of benzene rings is 1. The van der Waals surface area contributed by atoms with Crippen LogP contribution in [0.3, 0.4) is 0 Å². The highest BCUT2D eigenvalue weighted by Gasteiger charge is 2.11. The molecule has 4 nitrogen and oxygen atoms in total. The lowest BCUT2D eigenvalue weighted by molar-refractivity contribution is -0.130. The Morgan fingerprint density at radius 3 is 2.50 bits per heavy atom. The third-order valence-corrected chi connectivity index (χ3v) is 2.57. The average molecular weight is 332 g/mol. The van der Waals surface area contributed by atoms with E-state index in [1.54, 1.807) is 6.92 Å². The number of carboxylic acids is 1. The summed E-state index contributed by atoms with van der Waals surface area (Å²) in [5.41, 5.74) is 0.442. The van der Waals surface area contributed by atoms with Crippen LogP contribution in [0.5, 0.6) is 5.75 Å². The van der Waals surface area contributed by atoms with Crippen molar-refractivity contribution in [3.05, 3.63) is 39.5 Å². The van der Waals surface area contributed by atoms with Crippen LogP contribution in [-0.4, -0.2) is 17.0 Å². The Labute approximate surface area is 106 Å². The quantitative estimate of drug-likeness (QED) is 0.400. The lowest BCUT2D eigenvalue weighted by atomic mass is 10.2. The van der Waals surface area contributed by atoms with E-state index in [1.165, 1.54) is 18.2 Å². The van der Waals surface area contributed by atoms with Crippen LogP contribution >= 0.6 is 22.6 Å². The molecule has 0 aliphatic carbocycles. The maximum atomic E-state index is 11.2. The Morgan fingerprint density at radius 2 is 2.06 bits per heavy atom. The fourth-order valence-corrected chi connectivity index (χ4v) is 1.53. The number of carbonyl (C=O) groups is 2. The first-order chi connectivity index (χ1) is 7.41. The topological polar surface area (TPSA) is 63.6 Å². The van der Waals surface area contributed by atoms with Crippen LogP contribution in [0.1, 0.15) is 17.3 Å². The Hall–Kier alpha value is -1.37. The standard InChI is InChI=1S/C11H9IO4/c1-6(2)11(15)16-9-4-3-7(10(13)14)5-8(9)12/h3-5H,1H2,2H3,(H,13,14). The molecule has 1 aromatic carbocycles. The van der Waals surface area contributed by atoms with Gasteiger partial charge in [0.2, 0.25) is 0 Å². The summed E-state index contributed by atoms with van der Waals surface area (Å²) in [6, 6.07) is 4.27. The summed E-state index contributed by atoms with van der Waals surface area (Å²) in [7, 11) is 0. The normalized spacial score (nSPS) is 9.62. The molecule has 0 atom stereocenters. The molecule has 84 valence electrons. The molecule has 0 saturated carbocycles. The summed E-state index contributed by atoms with van der Waals surface area (Å²) in [6.45, 7) is 5.00. The third kappa shape index (κ3) is 3.06. The van der Waals surface area contributed by atoms with Gasteiger partial charge in [0.25, 0.3) is 0 Å². The van der Waals surface area contributed by atoms with E-state index in [1.807, 2.05) is 22.6 Å². The lowest BCUT2D eigenvalue weighted by Gasteiger charge is -2.06. The molecule has 5 heteroatoms. The number of hydrogen-bond donors (Lipinski definition) is 1. The van der Waals surface area contributed by atoms with E-state index in [-0.39, 0.29) is 11.1 Å². The van der Waals surface area contributed by atoms with Crippen molar-refractivity contribution in [1.82, 2.24) is 0 Å². The Balaban J connectivity index is 2.96. The van der Waals surface area contributed by atoms with Crippen LogP contribution in [0.2, 0.25) is 0 Å². The van der Waals surface area contributed by atoms with Gasteiger partial charge in [-0.15, -0.1) is 0 Å². The summed E-state index contributed by atoms with van der Waals surface area (Å²) in [5, 5.41) is 8.75. The summed E-state index contributed by atoms with van der Waals surface area (Å²) in [4.78, 5) is 21.9. The van der Waals surface area contributed by atoms with Crippen molar-refractivity contribution in [2.24, 2.45) is 0 Å². The molecule has 0 spiro atoms. The second kappa shape index (κ2) is 5.11. The first-order valence-corrected chi connectivity index (χ1v) is 5.40. The van der Waals surface area contributed by atoms with Gasteiger partial charge < -0.3 is 9.84 Å². The molecular weight excluding hydrogens is 323 g/mol. The van der Waals surface area contributed by atoms with Gasteiger partial charge in [-0.25, -0.2) is 9.59 Å². The molecule has 1 aromatic rings. The zero-order valence-corrected chi connectivity index (χ0v) is 10.6. The molecular formula is C11H9IO4. The van der Waals surface area contributed by atoms with Gasteiger partial charge >= 0.3 is 11.9 Å². The average Bonchev–Trinajstić information content (AvgIpc) is 2.20. The Bertz CT molecular complexity index is 465. The van der Waals surface area contributed by atoms with Crippen molar-refractivity contribution in [3.8, 4) is 5.75 Å². The minimum Gasteiger partial charge on any atom is -0.478 e. The molecule has 0 radical (unpaired) electrons. The van der Waals surface area contributed by atoms with Gasteiger partial charge in [0, 0.05) is 5.57 Å². The first kappa shape index (κ1) is 12.7. The van der Waals surface area contributed by atoms with Gasteiger partial charge in [0.05, 0.1) is 9.13 Å². The van der Waals surface area contributed by atoms with E-state index < -0.39 is 11.9 Å². The first-order valence-electron chi connectivity index (χ1n) is 4.32. The maximum Gasteiger partial charge on any atom is 0.338 e. The number of carboxylic acid groups (broad SMARTS) is 1. The fourth-order valence-electron chi connectivity index (χ4n) is 0.904. The molecule has 0 bridgehead atoms. The second-order valence-corrected chi connectivity index (χ2v) is 4.28. The number of ether oxygens (including phenoxy) is 1.